The molecule has 10 heteroatoms. The minimum Gasteiger partial charge on any atom is -0.493 e. The predicted molar refractivity (Wildman–Crippen MR) is 104 cm³/mol. The summed E-state index contributed by atoms with van der Waals surface area (Å²) < 4.78 is 42.6. The molecular formula is C21H20O10. The standard InChI is InChI=1S/C21H20O10/c1-24-16-4-14(6-18-20(16)30-10-28-18)26-8-12(22)3-13(23)9-27-15-5-17(25-2)21-19(7-15)29-11-31-21/h4-7H,3,8-11H2,1-2H3. The number of hydrogen-bond acceptors (Lipinski definition) is 10. The van der Waals surface area contributed by atoms with Crippen LogP contribution in [0.25, 0.3) is 0 Å². The second-order valence-corrected chi connectivity index (χ2v) is 6.55. The SMILES string of the molecule is COc1cc(OCC(=O)CC(=O)COc2cc(OC)c3c(c2)OCO3)cc2c1OCO2. The van der Waals surface area contributed by atoms with E-state index in [2.05, 4.69) is 0 Å². The highest BCUT2D eigenvalue weighted by Crippen LogP contribution is 2.45. The Morgan fingerprint density at radius 1 is 0.742 bits per heavy atom. The van der Waals surface area contributed by atoms with Gasteiger partial charge in [0.25, 0.3) is 0 Å². The molecule has 2 heterocycles. The molecule has 0 saturated carbocycles. The molecule has 2 aromatic carbocycles. The molecule has 10 nitrogen and oxygen atoms in total. The number of benzene rings is 2. The van der Waals surface area contributed by atoms with Crippen LogP contribution in [0.3, 0.4) is 0 Å². The van der Waals surface area contributed by atoms with Gasteiger partial charge in [-0.1, -0.05) is 0 Å². The number of ether oxygens (including phenoxy) is 8. The summed E-state index contributed by atoms with van der Waals surface area (Å²) >= 11 is 0. The van der Waals surface area contributed by atoms with Crippen LogP contribution < -0.4 is 37.9 Å². The van der Waals surface area contributed by atoms with E-state index < -0.39 is 11.6 Å². The van der Waals surface area contributed by atoms with Crippen molar-refractivity contribution in [1.29, 1.82) is 0 Å². The third-order valence-electron chi connectivity index (χ3n) is 4.46. The first-order valence-corrected chi connectivity index (χ1v) is 9.31. The lowest BCUT2D eigenvalue weighted by molar-refractivity contribution is -0.129. The maximum atomic E-state index is 12.1. The van der Waals surface area contributed by atoms with Gasteiger partial charge in [-0.15, -0.1) is 0 Å². The van der Waals surface area contributed by atoms with E-state index in [-0.39, 0.29) is 33.2 Å². The van der Waals surface area contributed by atoms with E-state index in [1.54, 1.807) is 24.3 Å². The van der Waals surface area contributed by atoms with E-state index in [1.807, 2.05) is 0 Å². The number of ketones is 2. The minimum atomic E-state index is -0.395. The zero-order valence-corrected chi connectivity index (χ0v) is 16.9. The van der Waals surface area contributed by atoms with Gasteiger partial charge in [0.2, 0.25) is 25.1 Å². The molecule has 2 aliphatic rings. The van der Waals surface area contributed by atoms with Gasteiger partial charge in [-0.05, 0) is 0 Å². The lowest BCUT2D eigenvalue weighted by Crippen LogP contribution is -2.20. The number of carbonyl (C=O) groups excluding carboxylic acids is 2. The summed E-state index contributed by atoms with van der Waals surface area (Å²) in [7, 11) is 2.97. The van der Waals surface area contributed by atoms with Crippen molar-refractivity contribution in [3.8, 4) is 46.0 Å². The van der Waals surface area contributed by atoms with Gasteiger partial charge in [-0.2, -0.15) is 0 Å². The zero-order chi connectivity index (χ0) is 21.8. The fraction of sp³-hybridized carbons (Fsp3) is 0.333. The first kappa shape index (κ1) is 20.5. The van der Waals surface area contributed by atoms with Gasteiger partial charge in [-0.25, -0.2) is 0 Å². The van der Waals surface area contributed by atoms with Crippen molar-refractivity contribution in [3.63, 3.8) is 0 Å². The van der Waals surface area contributed by atoms with Crippen molar-refractivity contribution in [1.82, 2.24) is 0 Å². The van der Waals surface area contributed by atoms with Crippen LogP contribution in [-0.2, 0) is 9.59 Å². The molecule has 0 aliphatic carbocycles. The normalized spacial score (nSPS) is 13.0. The molecule has 0 radical (unpaired) electrons. The topological polar surface area (TPSA) is 108 Å². The van der Waals surface area contributed by atoms with Crippen LogP contribution in [0.2, 0.25) is 0 Å². The van der Waals surface area contributed by atoms with Gasteiger partial charge >= 0.3 is 0 Å². The molecule has 0 saturated heterocycles. The average Bonchev–Trinajstić information content (AvgIpc) is 3.44. The number of Topliss-reactive ketones (excluding diaryl/α,β-unsaturated/α-hetero) is 2. The van der Waals surface area contributed by atoms with Crippen LogP contribution in [0.4, 0.5) is 0 Å². The molecule has 0 fully saturated rings. The highest BCUT2D eigenvalue weighted by Gasteiger charge is 2.22. The number of fused-ring (bicyclic) bond motifs is 2. The van der Waals surface area contributed by atoms with Gasteiger partial charge in [0.15, 0.2) is 34.6 Å². The minimum absolute atomic E-state index is 0.0812. The van der Waals surface area contributed by atoms with Gasteiger partial charge < -0.3 is 37.9 Å². The van der Waals surface area contributed by atoms with Crippen molar-refractivity contribution in [2.75, 3.05) is 41.0 Å². The lowest BCUT2D eigenvalue weighted by Gasteiger charge is -2.10. The molecule has 2 aliphatic heterocycles. The second kappa shape index (κ2) is 8.90. The predicted octanol–water partition coefficient (Wildman–Crippen LogP) is 2.15. The Balaban J connectivity index is 1.27. The van der Waals surface area contributed by atoms with Crippen molar-refractivity contribution < 1.29 is 47.5 Å². The Labute approximate surface area is 177 Å². The van der Waals surface area contributed by atoms with E-state index >= 15 is 0 Å². The maximum Gasteiger partial charge on any atom is 0.231 e. The van der Waals surface area contributed by atoms with Crippen LogP contribution >= 0.6 is 0 Å². The van der Waals surface area contributed by atoms with Gasteiger partial charge in [0, 0.05) is 24.3 Å². The Hall–Kier alpha value is -3.82. The number of carbonyl (C=O) groups is 2. The van der Waals surface area contributed by atoms with E-state index in [9.17, 15) is 9.59 Å². The number of rotatable bonds is 10. The van der Waals surface area contributed by atoms with E-state index in [0.29, 0.717) is 46.0 Å². The van der Waals surface area contributed by atoms with Crippen LogP contribution in [0.1, 0.15) is 6.42 Å². The summed E-state index contributed by atoms with van der Waals surface area (Å²) in [6, 6.07) is 6.35. The molecular weight excluding hydrogens is 412 g/mol. The molecule has 4 rings (SSSR count). The van der Waals surface area contributed by atoms with E-state index in [0.717, 1.165) is 0 Å². The quantitative estimate of drug-likeness (QED) is 0.518. The van der Waals surface area contributed by atoms with Crippen LogP contribution in [0.15, 0.2) is 24.3 Å². The van der Waals surface area contributed by atoms with Gasteiger partial charge in [-0.3, -0.25) is 9.59 Å². The summed E-state index contributed by atoms with van der Waals surface area (Å²) in [6.07, 6.45) is -0.330. The average molecular weight is 432 g/mol. The van der Waals surface area contributed by atoms with Crippen molar-refractivity contribution in [2.45, 2.75) is 6.42 Å². The van der Waals surface area contributed by atoms with Crippen molar-refractivity contribution in [3.05, 3.63) is 24.3 Å². The molecule has 0 bridgehead atoms. The molecule has 2 aromatic rings. The number of methoxy groups -OCH3 is 2. The summed E-state index contributed by atoms with van der Waals surface area (Å²) in [6.45, 7) is -0.408. The third-order valence-corrected chi connectivity index (χ3v) is 4.46. The number of hydrogen-bond donors (Lipinski definition) is 0. The molecule has 0 aromatic heterocycles. The zero-order valence-electron chi connectivity index (χ0n) is 16.9. The first-order chi connectivity index (χ1) is 15.1. The third kappa shape index (κ3) is 4.52. The fourth-order valence-corrected chi connectivity index (χ4v) is 3.03. The summed E-state index contributed by atoms with van der Waals surface area (Å²) in [5.41, 5.74) is 0. The maximum absolute atomic E-state index is 12.1. The van der Waals surface area contributed by atoms with Gasteiger partial charge in [0.1, 0.15) is 24.7 Å². The highest BCUT2D eigenvalue weighted by molar-refractivity contribution is 6.00. The van der Waals surface area contributed by atoms with Crippen LogP contribution in [0.5, 0.6) is 46.0 Å². The van der Waals surface area contributed by atoms with E-state index in [1.165, 1.54) is 14.2 Å². The summed E-state index contributed by atoms with van der Waals surface area (Å²) in [4.78, 5) is 24.3. The van der Waals surface area contributed by atoms with E-state index in [4.69, 9.17) is 37.9 Å². The van der Waals surface area contributed by atoms with Gasteiger partial charge in [0.05, 0.1) is 20.6 Å². The Morgan fingerprint density at radius 3 is 1.61 bits per heavy atom. The molecule has 31 heavy (non-hydrogen) atoms. The molecule has 0 amide bonds. The van der Waals surface area contributed by atoms with Crippen molar-refractivity contribution in [2.24, 2.45) is 0 Å². The van der Waals surface area contributed by atoms with Crippen LogP contribution in [0, 0.1) is 0 Å². The lowest BCUT2D eigenvalue weighted by atomic mass is 10.2. The highest BCUT2D eigenvalue weighted by atomic mass is 16.7. The molecule has 0 atom stereocenters. The monoisotopic (exact) mass is 432 g/mol. The smallest absolute Gasteiger partial charge is 0.231 e. The molecule has 164 valence electrons. The Kier molecular flexibility index (Phi) is 5.87. The summed E-state index contributed by atoms with van der Waals surface area (Å²) in [5, 5.41) is 0. The van der Waals surface area contributed by atoms with Crippen molar-refractivity contribution >= 4 is 11.6 Å². The largest absolute Gasteiger partial charge is 0.493 e. The molecule has 0 spiro atoms. The first-order valence-electron chi connectivity index (χ1n) is 9.31. The second-order valence-electron chi connectivity index (χ2n) is 6.55. The summed E-state index contributed by atoms with van der Waals surface area (Å²) in [5.74, 6) is 2.69. The molecule has 0 unspecified atom stereocenters. The molecule has 0 N–H and O–H groups in total. The van der Waals surface area contributed by atoms with Crippen LogP contribution in [-0.4, -0.2) is 52.6 Å². The Morgan fingerprint density at radius 2 is 1.19 bits per heavy atom. The Bertz CT molecular complexity index is 921. The fourth-order valence-electron chi connectivity index (χ4n) is 3.03.